The van der Waals surface area contributed by atoms with Crippen molar-refractivity contribution in [1.29, 1.82) is 0 Å². The lowest BCUT2D eigenvalue weighted by molar-refractivity contribution is -0.124. The summed E-state index contributed by atoms with van der Waals surface area (Å²) >= 11 is 0. The molecule has 0 bridgehead atoms. The van der Waals surface area contributed by atoms with Crippen LogP contribution in [0.4, 0.5) is 5.69 Å². The van der Waals surface area contributed by atoms with Crippen LogP contribution in [0.5, 0.6) is 0 Å². The molecule has 14 heavy (non-hydrogen) atoms. The van der Waals surface area contributed by atoms with E-state index in [1.807, 2.05) is 24.3 Å². The maximum absolute atomic E-state index is 11.5. The number of hydrogen-bond acceptors (Lipinski definition) is 2. The number of anilines is 1. The van der Waals surface area contributed by atoms with Crippen LogP contribution in [-0.2, 0) is 16.0 Å². The third-order valence-corrected chi connectivity index (χ3v) is 2.09. The zero-order valence-electron chi connectivity index (χ0n) is 7.78. The molecule has 2 amide bonds. The van der Waals surface area contributed by atoms with Gasteiger partial charge in [0.1, 0.15) is 0 Å². The number of hydrazine groups is 1. The summed E-state index contributed by atoms with van der Waals surface area (Å²) in [5, 5.41) is 1.30. The number of para-hydroxylation sites is 1. The van der Waals surface area contributed by atoms with Gasteiger partial charge in [0.25, 0.3) is 0 Å². The summed E-state index contributed by atoms with van der Waals surface area (Å²) in [6.07, 6.45) is 0.358. The lowest BCUT2D eigenvalue weighted by atomic mass is 10.2. The van der Waals surface area contributed by atoms with Gasteiger partial charge in [0.05, 0.1) is 12.1 Å². The normalized spacial score (nSPS) is 14.1. The molecule has 72 valence electrons. The topological polar surface area (TPSA) is 49.4 Å². The predicted octanol–water partition coefficient (Wildman–Crippen LogP) is 0.627. The molecule has 0 atom stereocenters. The number of fused-ring (bicyclic) bond motifs is 1. The van der Waals surface area contributed by atoms with Gasteiger partial charge in [-0.05, 0) is 11.6 Å². The number of rotatable bonds is 1. The van der Waals surface area contributed by atoms with Gasteiger partial charge in [0.15, 0.2) is 0 Å². The van der Waals surface area contributed by atoms with Crippen molar-refractivity contribution in [3.05, 3.63) is 29.8 Å². The van der Waals surface area contributed by atoms with Crippen molar-refractivity contribution in [2.24, 2.45) is 0 Å². The van der Waals surface area contributed by atoms with Gasteiger partial charge in [0.2, 0.25) is 11.8 Å². The van der Waals surface area contributed by atoms with Gasteiger partial charge in [0, 0.05) is 6.92 Å². The fourth-order valence-electron chi connectivity index (χ4n) is 1.53. The van der Waals surface area contributed by atoms with Crippen molar-refractivity contribution in [2.75, 3.05) is 5.01 Å². The van der Waals surface area contributed by atoms with E-state index in [1.54, 1.807) is 0 Å². The van der Waals surface area contributed by atoms with Gasteiger partial charge >= 0.3 is 0 Å². The Labute approximate surface area is 81.5 Å². The lowest BCUT2D eigenvalue weighted by Gasteiger charge is -2.16. The van der Waals surface area contributed by atoms with Crippen molar-refractivity contribution < 1.29 is 9.59 Å². The highest BCUT2D eigenvalue weighted by Gasteiger charge is 2.27. The van der Waals surface area contributed by atoms with Gasteiger partial charge in [-0.3, -0.25) is 15.0 Å². The first-order chi connectivity index (χ1) is 6.68. The van der Waals surface area contributed by atoms with E-state index in [-0.39, 0.29) is 11.8 Å². The average Bonchev–Trinajstić information content (AvgIpc) is 2.43. The van der Waals surface area contributed by atoms with Gasteiger partial charge in [-0.1, -0.05) is 18.2 Å². The van der Waals surface area contributed by atoms with Gasteiger partial charge in [-0.15, -0.1) is 0 Å². The first-order valence-electron chi connectivity index (χ1n) is 4.36. The van der Waals surface area contributed by atoms with Crippen molar-refractivity contribution in [3.63, 3.8) is 0 Å². The molecule has 0 radical (unpaired) electrons. The molecule has 0 unspecified atom stereocenters. The molecule has 0 spiro atoms. The molecule has 1 aromatic rings. The second kappa shape index (κ2) is 3.14. The third kappa shape index (κ3) is 1.35. The van der Waals surface area contributed by atoms with Gasteiger partial charge in [-0.25, -0.2) is 5.01 Å². The van der Waals surface area contributed by atoms with E-state index in [9.17, 15) is 9.59 Å². The van der Waals surface area contributed by atoms with Crippen LogP contribution in [0.15, 0.2) is 24.3 Å². The maximum atomic E-state index is 11.5. The molecular formula is C10H10N2O2. The number of nitrogens with zero attached hydrogens (tertiary/aromatic N) is 1. The quantitative estimate of drug-likeness (QED) is 0.706. The summed E-state index contributed by atoms with van der Waals surface area (Å²) < 4.78 is 0. The Morgan fingerprint density at radius 1 is 1.43 bits per heavy atom. The third-order valence-electron chi connectivity index (χ3n) is 2.09. The Bertz CT molecular complexity index is 401. The SMILES string of the molecule is CC(=O)NN1C(=O)Cc2ccccc21. The molecule has 0 fully saturated rings. The minimum absolute atomic E-state index is 0.0959. The highest BCUT2D eigenvalue weighted by Crippen LogP contribution is 2.26. The van der Waals surface area contributed by atoms with E-state index in [1.165, 1.54) is 11.9 Å². The van der Waals surface area contributed by atoms with E-state index in [2.05, 4.69) is 5.43 Å². The number of nitrogens with one attached hydrogen (secondary N) is 1. The monoisotopic (exact) mass is 190 g/mol. The van der Waals surface area contributed by atoms with Crippen LogP contribution in [0.2, 0.25) is 0 Å². The molecule has 1 aromatic carbocycles. The summed E-state index contributed by atoms with van der Waals surface area (Å²) in [7, 11) is 0. The Morgan fingerprint density at radius 2 is 2.14 bits per heavy atom. The van der Waals surface area contributed by atoms with Crippen molar-refractivity contribution >= 4 is 17.5 Å². The molecule has 0 saturated carbocycles. The van der Waals surface area contributed by atoms with Crippen LogP contribution in [0, 0.1) is 0 Å². The van der Waals surface area contributed by atoms with Gasteiger partial charge in [-0.2, -0.15) is 0 Å². The Balaban J connectivity index is 2.34. The number of hydrogen-bond donors (Lipinski definition) is 1. The summed E-state index contributed by atoms with van der Waals surface area (Å²) in [5.41, 5.74) is 4.21. The summed E-state index contributed by atoms with van der Waals surface area (Å²) in [5.74, 6) is -0.337. The second-order valence-electron chi connectivity index (χ2n) is 3.20. The highest BCUT2D eigenvalue weighted by molar-refractivity contribution is 6.02. The summed E-state index contributed by atoms with van der Waals surface area (Å²) in [6.45, 7) is 1.38. The molecule has 1 aliphatic heterocycles. The van der Waals surface area contributed by atoms with Gasteiger partial charge < -0.3 is 0 Å². The molecule has 2 rings (SSSR count). The number of carbonyl (C=O) groups is 2. The van der Waals surface area contributed by atoms with Crippen LogP contribution in [0.3, 0.4) is 0 Å². The fraction of sp³-hybridized carbons (Fsp3) is 0.200. The molecule has 0 aromatic heterocycles. The molecular weight excluding hydrogens is 180 g/mol. The molecule has 0 aliphatic carbocycles. The second-order valence-corrected chi connectivity index (χ2v) is 3.20. The van der Waals surface area contributed by atoms with Crippen molar-refractivity contribution in [2.45, 2.75) is 13.3 Å². The first-order valence-corrected chi connectivity index (χ1v) is 4.36. The van der Waals surface area contributed by atoms with Crippen LogP contribution >= 0.6 is 0 Å². The van der Waals surface area contributed by atoms with Crippen LogP contribution in [0.25, 0.3) is 0 Å². The lowest BCUT2D eigenvalue weighted by Crippen LogP contribution is -2.43. The Hall–Kier alpha value is -1.84. The number of amides is 2. The zero-order valence-corrected chi connectivity index (χ0v) is 7.78. The van der Waals surface area contributed by atoms with E-state index in [0.29, 0.717) is 6.42 Å². The minimum atomic E-state index is -0.241. The van der Waals surface area contributed by atoms with E-state index < -0.39 is 0 Å². The van der Waals surface area contributed by atoms with Crippen LogP contribution in [0.1, 0.15) is 12.5 Å². The smallest absolute Gasteiger partial charge is 0.250 e. The van der Waals surface area contributed by atoms with E-state index in [4.69, 9.17) is 0 Å². The highest BCUT2D eigenvalue weighted by atomic mass is 16.2. The standard InChI is InChI=1S/C10H10N2O2/c1-7(13)11-12-9-5-3-2-4-8(9)6-10(12)14/h2-5H,6H2,1H3,(H,11,13). The zero-order chi connectivity index (χ0) is 10.1. The van der Waals surface area contributed by atoms with Crippen LogP contribution < -0.4 is 10.4 Å². The molecule has 1 N–H and O–H groups in total. The summed E-state index contributed by atoms with van der Waals surface area (Å²) in [4.78, 5) is 22.3. The number of carbonyl (C=O) groups excluding carboxylic acids is 2. The molecule has 1 aliphatic rings. The predicted molar refractivity (Wildman–Crippen MR) is 51.4 cm³/mol. The van der Waals surface area contributed by atoms with Crippen molar-refractivity contribution in [1.82, 2.24) is 5.43 Å². The maximum Gasteiger partial charge on any atom is 0.250 e. The first kappa shape index (κ1) is 8.74. The number of benzene rings is 1. The molecule has 4 nitrogen and oxygen atoms in total. The van der Waals surface area contributed by atoms with Crippen LogP contribution in [-0.4, -0.2) is 11.8 Å². The summed E-state index contributed by atoms with van der Waals surface area (Å²) in [6, 6.07) is 7.42. The Morgan fingerprint density at radius 3 is 2.86 bits per heavy atom. The van der Waals surface area contributed by atoms with E-state index in [0.717, 1.165) is 11.3 Å². The molecule has 0 saturated heterocycles. The van der Waals surface area contributed by atoms with Crippen molar-refractivity contribution in [3.8, 4) is 0 Å². The average molecular weight is 190 g/mol. The van der Waals surface area contributed by atoms with E-state index >= 15 is 0 Å². The largest absolute Gasteiger partial charge is 0.274 e. The molecule has 1 heterocycles. The Kier molecular flexibility index (Phi) is 1.96. The molecule has 4 heteroatoms. The minimum Gasteiger partial charge on any atom is -0.274 e. The fourth-order valence-corrected chi connectivity index (χ4v) is 1.53.